The van der Waals surface area contributed by atoms with E-state index in [-0.39, 0.29) is 12.7 Å². The average molecular weight is 233 g/mol. The normalized spacial score (nSPS) is 21.1. The first kappa shape index (κ1) is 12.0. The lowest BCUT2D eigenvalue weighted by atomic mass is 10.2. The molecule has 1 N–H and O–H groups in total. The van der Waals surface area contributed by atoms with Crippen molar-refractivity contribution in [3.05, 3.63) is 29.6 Å². The second-order valence-electron chi connectivity index (χ2n) is 4.07. The van der Waals surface area contributed by atoms with Crippen molar-refractivity contribution in [1.29, 1.82) is 5.26 Å². The minimum atomic E-state index is -0.0963. The van der Waals surface area contributed by atoms with Crippen molar-refractivity contribution in [2.45, 2.75) is 12.6 Å². The van der Waals surface area contributed by atoms with Crippen LogP contribution in [-0.2, 0) is 11.3 Å². The maximum atomic E-state index is 9.05. The Kier molecular flexibility index (Phi) is 4.04. The Morgan fingerprint density at radius 2 is 2.53 bits per heavy atom. The van der Waals surface area contributed by atoms with E-state index in [9.17, 15) is 0 Å². The first-order valence-corrected chi connectivity index (χ1v) is 5.61. The van der Waals surface area contributed by atoms with Crippen LogP contribution in [0.3, 0.4) is 0 Å². The molecule has 1 fully saturated rings. The number of pyridine rings is 1. The molecule has 0 radical (unpaired) electrons. The molecule has 1 atom stereocenters. The van der Waals surface area contributed by atoms with Crippen LogP contribution in [0.5, 0.6) is 0 Å². The highest BCUT2D eigenvalue weighted by molar-refractivity contribution is 5.25. The van der Waals surface area contributed by atoms with Crippen molar-refractivity contribution in [3.63, 3.8) is 0 Å². The maximum absolute atomic E-state index is 9.05. The number of morpholine rings is 1. The fourth-order valence-electron chi connectivity index (χ4n) is 1.93. The van der Waals surface area contributed by atoms with Gasteiger partial charge in [-0.15, -0.1) is 0 Å². The van der Waals surface area contributed by atoms with E-state index in [1.54, 1.807) is 12.3 Å². The smallest absolute Gasteiger partial charge is 0.140 e. The van der Waals surface area contributed by atoms with Crippen molar-refractivity contribution in [3.8, 4) is 6.07 Å². The monoisotopic (exact) mass is 233 g/mol. The molecule has 0 aliphatic carbocycles. The molecule has 90 valence electrons. The molecule has 1 aliphatic rings. The molecule has 1 aromatic rings. The van der Waals surface area contributed by atoms with Crippen LogP contribution in [0.15, 0.2) is 18.3 Å². The minimum absolute atomic E-state index is 0.0519. The van der Waals surface area contributed by atoms with Crippen LogP contribution in [0.1, 0.15) is 11.3 Å². The molecule has 0 amide bonds. The summed E-state index contributed by atoms with van der Waals surface area (Å²) in [7, 11) is 0. The largest absolute Gasteiger partial charge is 0.394 e. The van der Waals surface area contributed by atoms with Gasteiger partial charge in [0.1, 0.15) is 11.8 Å². The highest BCUT2D eigenvalue weighted by Crippen LogP contribution is 2.10. The molecular formula is C12H15N3O2. The van der Waals surface area contributed by atoms with Crippen molar-refractivity contribution in [2.24, 2.45) is 0 Å². The van der Waals surface area contributed by atoms with Gasteiger partial charge < -0.3 is 9.84 Å². The Labute approximate surface area is 100 Å². The molecular weight excluding hydrogens is 218 g/mol. The number of hydrogen-bond donors (Lipinski definition) is 1. The Bertz CT molecular complexity index is 416. The Morgan fingerprint density at radius 1 is 1.65 bits per heavy atom. The topological polar surface area (TPSA) is 69.4 Å². The predicted molar refractivity (Wildman–Crippen MR) is 61.1 cm³/mol. The van der Waals surface area contributed by atoms with Gasteiger partial charge in [0.15, 0.2) is 0 Å². The average Bonchev–Trinajstić information content (AvgIpc) is 2.39. The van der Waals surface area contributed by atoms with Crippen LogP contribution in [0.4, 0.5) is 0 Å². The van der Waals surface area contributed by atoms with E-state index in [4.69, 9.17) is 15.1 Å². The quantitative estimate of drug-likeness (QED) is 0.804. The SMILES string of the molecule is N#Cc1cc(CN2CCOC(CO)C2)ccn1. The lowest BCUT2D eigenvalue weighted by molar-refractivity contribution is -0.0551. The van der Waals surface area contributed by atoms with Crippen molar-refractivity contribution in [1.82, 2.24) is 9.88 Å². The van der Waals surface area contributed by atoms with Crippen LogP contribution < -0.4 is 0 Å². The third-order valence-corrected chi connectivity index (χ3v) is 2.77. The van der Waals surface area contributed by atoms with E-state index in [1.165, 1.54) is 0 Å². The van der Waals surface area contributed by atoms with Gasteiger partial charge in [-0.1, -0.05) is 0 Å². The molecule has 2 heterocycles. The number of aliphatic hydroxyl groups is 1. The number of rotatable bonds is 3. The van der Waals surface area contributed by atoms with E-state index in [0.717, 1.165) is 25.2 Å². The van der Waals surface area contributed by atoms with E-state index < -0.39 is 0 Å². The third-order valence-electron chi connectivity index (χ3n) is 2.77. The van der Waals surface area contributed by atoms with Gasteiger partial charge in [0.2, 0.25) is 0 Å². The van der Waals surface area contributed by atoms with Crippen molar-refractivity contribution >= 4 is 0 Å². The fourth-order valence-corrected chi connectivity index (χ4v) is 1.93. The zero-order chi connectivity index (χ0) is 12.1. The number of hydrogen-bond acceptors (Lipinski definition) is 5. The van der Waals surface area contributed by atoms with Gasteiger partial charge in [-0.05, 0) is 17.7 Å². The van der Waals surface area contributed by atoms with Gasteiger partial charge >= 0.3 is 0 Å². The fraction of sp³-hybridized carbons (Fsp3) is 0.500. The molecule has 0 spiro atoms. The standard InChI is InChI=1S/C12H15N3O2/c13-6-11-5-10(1-2-14-11)7-15-3-4-17-12(8-15)9-16/h1-2,5,12,16H,3-4,7-9H2. The minimum Gasteiger partial charge on any atom is -0.394 e. The number of nitriles is 1. The van der Waals surface area contributed by atoms with Gasteiger partial charge in [0.25, 0.3) is 0 Å². The van der Waals surface area contributed by atoms with Crippen molar-refractivity contribution < 1.29 is 9.84 Å². The van der Waals surface area contributed by atoms with Gasteiger partial charge in [-0.2, -0.15) is 5.26 Å². The van der Waals surface area contributed by atoms with Crippen LogP contribution in [-0.4, -0.2) is 47.4 Å². The van der Waals surface area contributed by atoms with Crippen LogP contribution in [0.2, 0.25) is 0 Å². The summed E-state index contributed by atoms with van der Waals surface area (Å²) in [5, 5.41) is 17.8. The lowest BCUT2D eigenvalue weighted by Crippen LogP contribution is -2.43. The summed E-state index contributed by atoms with van der Waals surface area (Å²) in [6, 6.07) is 5.73. The molecule has 0 bridgehead atoms. The van der Waals surface area contributed by atoms with Crippen LogP contribution in [0.25, 0.3) is 0 Å². The summed E-state index contributed by atoms with van der Waals surface area (Å²) < 4.78 is 5.38. The molecule has 1 aliphatic heterocycles. The Hall–Kier alpha value is -1.48. The molecule has 1 saturated heterocycles. The predicted octanol–water partition coefficient (Wildman–Crippen LogP) is 0.146. The summed E-state index contributed by atoms with van der Waals surface area (Å²) in [6.07, 6.45) is 1.55. The van der Waals surface area contributed by atoms with E-state index in [2.05, 4.69) is 9.88 Å². The highest BCUT2D eigenvalue weighted by Gasteiger charge is 2.19. The van der Waals surface area contributed by atoms with Crippen LogP contribution in [0, 0.1) is 11.3 Å². The second kappa shape index (κ2) is 5.73. The number of aromatic nitrogens is 1. The number of aliphatic hydroxyl groups excluding tert-OH is 1. The Balaban J connectivity index is 1.98. The molecule has 5 heteroatoms. The summed E-state index contributed by atoms with van der Waals surface area (Å²) >= 11 is 0. The maximum Gasteiger partial charge on any atom is 0.140 e. The first-order chi connectivity index (χ1) is 8.31. The molecule has 1 unspecified atom stereocenters. The summed E-state index contributed by atoms with van der Waals surface area (Å²) in [4.78, 5) is 6.15. The lowest BCUT2D eigenvalue weighted by Gasteiger charge is -2.31. The van der Waals surface area contributed by atoms with E-state index >= 15 is 0 Å². The summed E-state index contributed by atoms with van der Waals surface area (Å²) in [5.41, 5.74) is 1.50. The molecule has 1 aromatic heterocycles. The molecule has 0 aromatic carbocycles. The van der Waals surface area contributed by atoms with E-state index in [1.807, 2.05) is 12.1 Å². The van der Waals surface area contributed by atoms with E-state index in [0.29, 0.717) is 12.3 Å². The third kappa shape index (κ3) is 3.24. The van der Waals surface area contributed by atoms with Gasteiger partial charge in [-0.3, -0.25) is 4.90 Å². The number of nitrogens with zero attached hydrogens (tertiary/aromatic N) is 3. The Morgan fingerprint density at radius 3 is 3.29 bits per heavy atom. The van der Waals surface area contributed by atoms with Gasteiger partial charge in [0, 0.05) is 25.8 Å². The van der Waals surface area contributed by atoms with Gasteiger partial charge in [-0.25, -0.2) is 4.98 Å². The van der Waals surface area contributed by atoms with Gasteiger partial charge in [0.05, 0.1) is 19.3 Å². The zero-order valence-corrected chi connectivity index (χ0v) is 9.54. The first-order valence-electron chi connectivity index (χ1n) is 5.61. The molecule has 17 heavy (non-hydrogen) atoms. The number of ether oxygens (including phenoxy) is 1. The summed E-state index contributed by atoms with van der Waals surface area (Å²) in [5.74, 6) is 0. The van der Waals surface area contributed by atoms with Crippen LogP contribution >= 0.6 is 0 Å². The molecule has 0 saturated carbocycles. The zero-order valence-electron chi connectivity index (χ0n) is 9.54. The second-order valence-corrected chi connectivity index (χ2v) is 4.07. The highest BCUT2D eigenvalue weighted by atomic mass is 16.5. The van der Waals surface area contributed by atoms with Crippen molar-refractivity contribution in [2.75, 3.05) is 26.3 Å². The summed E-state index contributed by atoms with van der Waals surface area (Å²) in [6.45, 7) is 3.02. The molecule has 5 nitrogen and oxygen atoms in total. The molecule has 2 rings (SSSR count).